The summed E-state index contributed by atoms with van der Waals surface area (Å²) in [5.74, 6) is -0.233. The third-order valence-electron chi connectivity index (χ3n) is 1.95. The Bertz CT molecular complexity index is 318. The summed E-state index contributed by atoms with van der Waals surface area (Å²) in [6.45, 7) is 4.14. The minimum absolute atomic E-state index is 0.434. The summed E-state index contributed by atoms with van der Waals surface area (Å²) in [4.78, 5) is 14.9. The SMILES string of the molecule is CC(C)Cc1ccccc1C(=O)OO. The average molecular weight is 194 g/mol. The van der Waals surface area contributed by atoms with Crippen molar-refractivity contribution < 1.29 is 14.9 Å². The fraction of sp³-hybridized carbons (Fsp3) is 0.364. The van der Waals surface area contributed by atoms with E-state index in [0.29, 0.717) is 11.5 Å². The van der Waals surface area contributed by atoms with Crippen molar-refractivity contribution in [3.8, 4) is 0 Å². The Morgan fingerprint density at radius 1 is 1.43 bits per heavy atom. The predicted molar refractivity (Wildman–Crippen MR) is 53.0 cm³/mol. The third-order valence-corrected chi connectivity index (χ3v) is 1.95. The first kappa shape index (κ1) is 10.7. The van der Waals surface area contributed by atoms with Gasteiger partial charge in [-0.15, -0.1) is 0 Å². The molecule has 76 valence electrons. The van der Waals surface area contributed by atoms with E-state index < -0.39 is 5.97 Å². The molecule has 0 fully saturated rings. The molecule has 0 unspecified atom stereocenters. The summed E-state index contributed by atoms with van der Waals surface area (Å²) in [5, 5.41) is 8.30. The molecule has 0 heterocycles. The van der Waals surface area contributed by atoms with Crippen LogP contribution in [0.1, 0.15) is 29.8 Å². The van der Waals surface area contributed by atoms with Gasteiger partial charge in [-0.2, -0.15) is 5.26 Å². The van der Waals surface area contributed by atoms with Crippen molar-refractivity contribution >= 4 is 5.97 Å². The second-order valence-corrected chi connectivity index (χ2v) is 3.63. The van der Waals surface area contributed by atoms with Crippen LogP contribution in [0.4, 0.5) is 0 Å². The molecule has 0 radical (unpaired) electrons. The van der Waals surface area contributed by atoms with E-state index in [0.717, 1.165) is 12.0 Å². The highest BCUT2D eigenvalue weighted by molar-refractivity contribution is 5.90. The normalized spacial score (nSPS) is 10.3. The Hall–Kier alpha value is -1.35. The monoisotopic (exact) mass is 194 g/mol. The Balaban J connectivity index is 2.97. The summed E-state index contributed by atoms with van der Waals surface area (Å²) >= 11 is 0. The zero-order chi connectivity index (χ0) is 10.6. The fourth-order valence-corrected chi connectivity index (χ4v) is 1.39. The maximum atomic E-state index is 11.1. The van der Waals surface area contributed by atoms with Crippen molar-refractivity contribution in [2.24, 2.45) is 5.92 Å². The molecule has 3 nitrogen and oxygen atoms in total. The van der Waals surface area contributed by atoms with Gasteiger partial charge in [-0.3, -0.25) is 4.89 Å². The van der Waals surface area contributed by atoms with Crippen LogP contribution >= 0.6 is 0 Å². The van der Waals surface area contributed by atoms with E-state index in [-0.39, 0.29) is 0 Å². The molecule has 1 rings (SSSR count). The van der Waals surface area contributed by atoms with Crippen LogP contribution in [0.15, 0.2) is 24.3 Å². The lowest BCUT2D eigenvalue weighted by Gasteiger charge is -2.08. The molecule has 0 amide bonds. The van der Waals surface area contributed by atoms with Crippen molar-refractivity contribution in [1.82, 2.24) is 0 Å². The minimum atomic E-state index is -0.693. The Morgan fingerprint density at radius 3 is 2.64 bits per heavy atom. The van der Waals surface area contributed by atoms with Crippen LogP contribution in [0.3, 0.4) is 0 Å². The maximum absolute atomic E-state index is 11.1. The van der Waals surface area contributed by atoms with Gasteiger partial charge in [0, 0.05) is 0 Å². The molecule has 0 saturated heterocycles. The van der Waals surface area contributed by atoms with Crippen molar-refractivity contribution in [2.75, 3.05) is 0 Å². The highest BCUT2D eigenvalue weighted by Crippen LogP contribution is 2.14. The molecule has 0 aliphatic heterocycles. The first-order valence-electron chi connectivity index (χ1n) is 4.58. The lowest BCUT2D eigenvalue weighted by molar-refractivity contribution is -0.182. The molecule has 0 aliphatic rings. The average Bonchev–Trinajstić information content (AvgIpc) is 2.16. The van der Waals surface area contributed by atoms with E-state index in [9.17, 15) is 4.79 Å². The zero-order valence-corrected chi connectivity index (χ0v) is 8.36. The standard InChI is InChI=1S/C11H14O3/c1-8(2)7-9-5-3-4-6-10(9)11(12)14-13/h3-6,8,13H,7H2,1-2H3. The molecular weight excluding hydrogens is 180 g/mol. The van der Waals surface area contributed by atoms with Crippen LogP contribution in [-0.2, 0) is 11.3 Å². The number of carbonyl (C=O) groups excluding carboxylic acids is 1. The zero-order valence-electron chi connectivity index (χ0n) is 8.36. The van der Waals surface area contributed by atoms with Gasteiger partial charge in [0.2, 0.25) is 0 Å². The Labute approximate surface area is 83.3 Å². The number of rotatable bonds is 3. The molecule has 0 spiro atoms. The molecule has 0 aliphatic carbocycles. The van der Waals surface area contributed by atoms with Gasteiger partial charge in [0.25, 0.3) is 0 Å². The molecule has 0 atom stereocenters. The van der Waals surface area contributed by atoms with E-state index in [1.165, 1.54) is 0 Å². The van der Waals surface area contributed by atoms with Gasteiger partial charge in [0.15, 0.2) is 0 Å². The predicted octanol–water partition coefficient (Wildman–Crippen LogP) is 2.51. The number of benzene rings is 1. The van der Waals surface area contributed by atoms with Crippen molar-refractivity contribution in [1.29, 1.82) is 0 Å². The summed E-state index contributed by atoms with van der Waals surface area (Å²) in [6.07, 6.45) is 0.797. The molecule has 1 aromatic carbocycles. The smallest absolute Gasteiger partial charge is 0.295 e. The van der Waals surface area contributed by atoms with E-state index >= 15 is 0 Å². The largest absolute Gasteiger partial charge is 0.373 e. The second kappa shape index (κ2) is 4.77. The molecule has 1 aromatic rings. The summed E-state index contributed by atoms with van der Waals surface area (Å²) in [5.41, 5.74) is 1.34. The second-order valence-electron chi connectivity index (χ2n) is 3.63. The quantitative estimate of drug-likeness (QED) is 0.594. The van der Waals surface area contributed by atoms with Crippen LogP contribution in [0.2, 0.25) is 0 Å². The van der Waals surface area contributed by atoms with Crippen molar-refractivity contribution in [2.45, 2.75) is 20.3 Å². The van der Waals surface area contributed by atoms with Crippen LogP contribution in [-0.4, -0.2) is 11.2 Å². The van der Waals surface area contributed by atoms with Gasteiger partial charge >= 0.3 is 5.97 Å². The lowest BCUT2D eigenvalue weighted by Crippen LogP contribution is -2.07. The highest BCUT2D eigenvalue weighted by Gasteiger charge is 2.12. The highest BCUT2D eigenvalue weighted by atomic mass is 17.1. The van der Waals surface area contributed by atoms with Crippen molar-refractivity contribution in [3.05, 3.63) is 35.4 Å². The topological polar surface area (TPSA) is 46.5 Å². The molecule has 1 N–H and O–H groups in total. The van der Waals surface area contributed by atoms with Gasteiger partial charge in [0.05, 0.1) is 5.56 Å². The molecule has 0 aromatic heterocycles. The molecule has 0 bridgehead atoms. The van der Waals surface area contributed by atoms with Gasteiger partial charge in [-0.1, -0.05) is 32.0 Å². The van der Waals surface area contributed by atoms with Crippen LogP contribution in [0.5, 0.6) is 0 Å². The van der Waals surface area contributed by atoms with Crippen molar-refractivity contribution in [3.63, 3.8) is 0 Å². The van der Waals surface area contributed by atoms with Crippen LogP contribution in [0, 0.1) is 5.92 Å². The van der Waals surface area contributed by atoms with E-state index in [1.54, 1.807) is 12.1 Å². The minimum Gasteiger partial charge on any atom is -0.295 e. The van der Waals surface area contributed by atoms with Gasteiger partial charge in [-0.05, 0) is 24.0 Å². The molecule has 14 heavy (non-hydrogen) atoms. The van der Waals surface area contributed by atoms with Gasteiger partial charge < -0.3 is 0 Å². The Kier molecular flexibility index (Phi) is 3.65. The van der Waals surface area contributed by atoms with E-state index in [1.807, 2.05) is 12.1 Å². The van der Waals surface area contributed by atoms with Crippen LogP contribution in [0.25, 0.3) is 0 Å². The lowest BCUT2D eigenvalue weighted by atomic mass is 9.98. The van der Waals surface area contributed by atoms with E-state index in [2.05, 4.69) is 18.7 Å². The molecule has 0 saturated carbocycles. The van der Waals surface area contributed by atoms with Gasteiger partial charge in [-0.25, -0.2) is 4.79 Å². The maximum Gasteiger partial charge on any atom is 0.373 e. The van der Waals surface area contributed by atoms with Crippen LogP contribution < -0.4 is 0 Å². The van der Waals surface area contributed by atoms with E-state index in [4.69, 9.17) is 5.26 Å². The first-order chi connectivity index (χ1) is 6.65. The number of hydrogen-bond acceptors (Lipinski definition) is 3. The first-order valence-corrected chi connectivity index (χ1v) is 4.58. The number of hydrogen-bond donors (Lipinski definition) is 1. The molecule has 3 heteroatoms. The Morgan fingerprint density at radius 2 is 2.07 bits per heavy atom. The summed E-state index contributed by atoms with van der Waals surface area (Å²) in [7, 11) is 0. The number of carbonyl (C=O) groups is 1. The third kappa shape index (κ3) is 2.57. The summed E-state index contributed by atoms with van der Waals surface area (Å²) < 4.78 is 0. The summed E-state index contributed by atoms with van der Waals surface area (Å²) in [6, 6.07) is 7.13. The van der Waals surface area contributed by atoms with Gasteiger partial charge in [0.1, 0.15) is 0 Å². The molecular formula is C11H14O3. The fourth-order valence-electron chi connectivity index (χ4n) is 1.39.